The summed E-state index contributed by atoms with van der Waals surface area (Å²) in [4.78, 5) is 22.0. The lowest BCUT2D eigenvalue weighted by molar-refractivity contribution is 0.0697. The molecular weight excluding hydrogens is 210 g/mol. The molecule has 4 N–H and O–H groups in total. The first-order valence-corrected chi connectivity index (χ1v) is 4.49. The van der Waals surface area contributed by atoms with E-state index >= 15 is 0 Å². The summed E-state index contributed by atoms with van der Waals surface area (Å²) in [7, 11) is 0. The number of carbonyl (C=O) groups is 1. The molecule has 6 heteroatoms. The van der Waals surface area contributed by atoms with Crippen LogP contribution in [-0.4, -0.2) is 20.9 Å². The minimum atomic E-state index is -1.01. The van der Waals surface area contributed by atoms with E-state index in [1.165, 1.54) is 35.0 Å². The molecule has 0 bridgehead atoms. The van der Waals surface area contributed by atoms with E-state index in [0.29, 0.717) is 5.69 Å². The lowest BCUT2D eigenvalue weighted by Gasteiger charge is -2.01. The van der Waals surface area contributed by atoms with E-state index in [1.54, 1.807) is 0 Å². The molecule has 1 aromatic heterocycles. The highest BCUT2D eigenvalue weighted by atomic mass is 16.4. The molecular formula is C10H9N3O3. The number of nitrogens with two attached hydrogens (primary N) is 1. The van der Waals surface area contributed by atoms with Crippen LogP contribution in [0.2, 0.25) is 0 Å². The fourth-order valence-corrected chi connectivity index (χ4v) is 1.36. The molecule has 0 atom stereocenters. The number of carboxylic acid groups (broad SMARTS) is 1. The van der Waals surface area contributed by atoms with Gasteiger partial charge in [-0.15, -0.1) is 0 Å². The molecule has 0 radical (unpaired) electrons. The number of rotatable bonds is 2. The molecule has 1 aromatic carbocycles. The summed E-state index contributed by atoms with van der Waals surface area (Å²) < 4.78 is 1.24. The van der Waals surface area contributed by atoms with Gasteiger partial charge in [-0.3, -0.25) is 9.89 Å². The molecule has 0 amide bonds. The predicted molar refractivity (Wildman–Crippen MR) is 57.8 cm³/mol. The van der Waals surface area contributed by atoms with Crippen LogP contribution in [-0.2, 0) is 0 Å². The number of aromatic carboxylic acids is 1. The topological polar surface area (TPSA) is 101 Å². The number of H-pyrrole nitrogens is 1. The second kappa shape index (κ2) is 3.58. The van der Waals surface area contributed by atoms with Crippen LogP contribution in [0.5, 0.6) is 0 Å². The van der Waals surface area contributed by atoms with Gasteiger partial charge in [0.1, 0.15) is 5.82 Å². The molecule has 0 unspecified atom stereocenters. The van der Waals surface area contributed by atoms with Gasteiger partial charge >= 0.3 is 5.97 Å². The Hall–Kier alpha value is -2.50. The maximum atomic E-state index is 11.4. The zero-order valence-electron chi connectivity index (χ0n) is 8.18. The molecule has 6 nitrogen and oxygen atoms in total. The van der Waals surface area contributed by atoms with Crippen molar-refractivity contribution in [1.29, 1.82) is 0 Å². The Bertz CT molecular complexity index is 580. The molecule has 0 saturated carbocycles. The molecule has 2 aromatic rings. The zero-order chi connectivity index (χ0) is 11.7. The summed E-state index contributed by atoms with van der Waals surface area (Å²) in [6.07, 6.45) is 0. The van der Waals surface area contributed by atoms with Gasteiger partial charge in [-0.25, -0.2) is 9.48 Å². The molecule has 0 aliphatic heterocycles. The third-order valence-corrected chi connectivity index (χ3v) is 2.11. The van der Waals surface area contributed by atoms with Crippen LogP contribution in [0.1, 0.15) is 10.4 Å². The van der Waals surface area contributed by atoms with Crippen LogP contribution in [0, 0.1) is 0 Å². The van der Waals surface area contributed by atoms with Gasteiger partial charge in [-0.1, -0.05) is 0 Å². The van der Waals surface area contributed by atoms with E-state index in [-0.39, 0.29) is 16.9 Å². The number of nitrogens with zero attached hydrogens (tertiary/aromatic N) is 1. The van der Waals surface area contributed by atoms with Crippen molar-refractivity contribution in [2.45, 2.75) is 0 Å². The Morgan fingerprint density at radius 3 is 2.38 bits per heavy atom. The molecule has 0 saturated heterocycles. The van der Waals surface area contributed by atoms with Crippen molar-refractivity contribution in [2.75, 3.05) is 5.73 Å². The number of hydrogen-bond acceptors (Lipinski definition) is 3. The molecule has 0 aliphatic rings. The fraction of sp³-hybridized carbons (Fsp3) is 0. The first-order chi connectivity index (χ1) is 7.58. The van der Waals surface area contributed by atoms with Crippen LogP contribution < -0.4 is 11.3 Å². The lowest BCUT2D eigenvalue weighted by Crippen LogP contribution is -2.13. The van der Waals surface area contributed by atoms with Crippen molar-refractivity contribution in [3.63, 3.8) is 0 Å². The summed E-state index contributed by atoms with van der Waals surface area (Å²) in [6, 6.07) is 7.15. The van der Waals surface area contributed by atoms with Crippen LogP contribution in [0.25, 0.3) is 5.69 Å². The Balaban J connectivity index is 2.46. The van der Waals surface area contributed by atoms with E-state index in [9.17, 15) is 9.59 Å². The quantitative estimate of drug-likeness (QED) is 0.682. The zero-order valence-corrected chi connectivity index (χ0v) is 8.18. The number of aromatic amines is 1. The summed E-state index contributed by atoms with van der Waals surface area (Å²) in [5.41, 5.74) is 5.83. The van der Waals surface area contributed by atoms with Crippen molar-refractivity contribution in [2.24, 2.45) is 0 Å². The second-order valence-electron chi connectivity index (χ2n) is 3.24. The smallest absolute Gasteiger partial charge is 0.335 e. The van der Waals surface area contributed by atoms with Crippen molar-refractivity contribution in [1.82, 2.24) is 9.78 Å². The van der Waals surface area contributed by atoms with E-state index in [1.807, 2.05) is 0 Å². The van der Waals surface area contributed by atoms with E-state index < -0.39 is 5.97 Å². The maximum Gasteiger partial charge on any atom is 0.335 e. The van der Waals surface area contributed by atoms with E-state index in [2.05, 4.69) is 5.10 Å². The summed E-state index contributed by atoms with van der Waals surface area (Å²) in [6.45, 7) is 0. The highest BCUT2D eigenvalue weighted by Crippen LogP contribution is 2.07. The third-order valence-electron chi connectivity index (χ3n) is 2.11. The molecule has 1 heterocycles. The van der Waals surface area contributed by atoms with Crippen LogP contribution in [0.4, 0.5) is 5.82 Å². The molecule has 16 heavy (non-hydrogen) atoms. The van der Waals surface area contributed by atoms with Gasteiger partial charge in [0.05, 0.1) is 11.3 Å². The first-order valence-electron chi connectivity index (χ1n) is 4.49. The van der Waals surface area contributed by atoms with Gasteiger partial charge in [-0.05, 0) is 24.3 Å². The van der Waals surface area contributed by atoms with E-state index in [0.717, 1.165) is 0 Å². The molecule has 0 aliphatic carbocycles. The highest BCUT2D eigenvalue weighted by Gasteiger charge is 2.05. The second-order valence-corrected chi connectivity index (χ2v) is 3.24. The van der Waals surface area contributed by atoms with Crippen molar-refractivity contribution in [3.05, 3.63) is 46.2 Å². The van der Waals surface area contributed by atoms with Gasteiger partial charge in [0.25, 0.3) is 5.56 Å². The Labute approximate surface area is 89.9 Å². The monoisotopic (exact) mass is 219 g/mol. The highest BCUT2D eigenvalue weighted by molar-refractivity contribution is 5.87. The number of hydrogen-bond donors (Lipinski definition) is 3. The number of nitrogens with one attached hydrogen (secondary N) is 1. The molecule has 0 fully saturated rings. The third kappa shape index (κ3) is 1.68. The fourth-order valence-electron chi connectivity index (χ4n) is 1.36. The Morgan fingerprint density at radius 2 is 1.94 bits per heavy atom. The minimum Gasteiger partial charge on any atom is -0.478 e. The van der Waals surface area contributed by atoms with Crippen LogP contribution >= 0.6 is 0 Å². The van der Waals surface area contributed by atoms with E-state index in [4.69, 9.17) is 10.8 Å². The minimum absolute atomic E-state index is 0.163. The Morgan fingerprint density at radius 1 is 1.31 bits per heavy atom. The largest absolute Gasteiger partial charge is 0.478 e. The van der Waals surface area contributed by atoms with Gasteiger partial charge in [0.2, 0.25) is 0 Å². The van der Waals surface area contributed by atoms with Crippen LogP contribution in [0.3, 0.4) is 0 Å². The molecule has 2 rings (SSSR count). The standard InChI is InChI=1S/C10H9N3O3/c11-8-5-9(14)13(12-8)7-3-1-6(2-4-7)10(15)16/h1-5,12H,11H2,(H,15,16). The molecule has 82 valence electrons. The summed E-state index contributed by atoms with van der Waals surface area (Å²) in [5.74, 6) is -0.753. The van der Waals surface area contributed by atoms with Gasteiger partial charge in [-0.2, -0.15) is 0 Å². The van der Waals surface area contributed by atoms with Crippen LogP contribution in [0.15, 0.2) is 35.1 Å². The van der Waals surface area contributed by atoms with Gasteiger partial charge in [0, 0.05) is 6.07 Å². The predicted octanol–water partition coefficient (Wildman–Crippen LogP) is 0.446. The first kappa shape index (κ1) is 10.0. The number of nitrogen functional groups attached to an aromatic ring is 1. The number of aromatic nitrogens is 2. The normalized spacial score (nSPS) is 10.2. The number of benzene rings is 1. The lowest BCUT2D eigenvalue weighted by atomic mass is 10.2. The maximum absolute atomic E-state index is 11.4. The summed E-state index contributed by atoms with van der Waals surface area (Å²) in [5, 5.41) is 11.4. The number of carboxylic acids is 1. The van der Waals surface area contributed by atoms with Gasteiger partial charge in [0.15, 0.2) is 0 Å². The van der Waals surface area contributed by atoms with Crippen molar-refractivity contribution < 1.29 is 9.90 Å². The molecule has 0 spiro atoms. The van der Waals surface area contributed by atoms with Crippen molar-refractivity contribution >= 4 is 11.8 Å². The Kier molecular flexibility index (Phi) is 2.24. The average molecular weight is 219 g/mol. The summed E-state index contributed by atoms with van der Waals surface area (Å²) >= 11 is 0. The van der Waals surface area contributed by atoms with Gasteiger partial charge < -0.3 is 10.8 Å². The number of anilines is 1. The SMILES string of the molecule is Nc1cc(=O)n(-c2ccc(C(=O)O)cc2)[nH]1. The average Bonchev–Trinajstić information content (AvgIpc) is 2.58. The van der Waals surface area contributed by atoms with Crippen molar-refractivity contribution in [3.8, 4) is 5.69 Å².